The van der Waals surface area contributed by atoms with Crippen LogP contribution in [0.2, 0.25) is 0 Å². The number of hydrogen-bond donors (Lipinski definition) is 0. The summed E-state index contributed by atoms with van der Waals surface area (Å²) in [6.07, 6.45) is 3.90. The average Bonchev–Trinajstić information content (AvgIpc) is 1.66. The molecule has 0 saturated heterocycles. The third kappa shape index (κ3) is 5.76. The summed E-state index contributed by atoms with van der Waals surface area (Å²) in [6, 6.07) is 0. The first-order valence-electron chi connectivity index (χ1n) is 2.52. The molecule has 0 fully saturated rings. The Morgan fingerprint density at radius 3 is 2.75 bits per heavy atom. The van der Waals surface area contributed by atoms with Gasteiger partial charge in [0, 0.05) is 12.7 Å². The van der Waals surface area contributed by atoms with Gasteiger partial charge in [-0.25, -0.2) is 0 Å². The Bertz CT molecular complexity index is 96.7. The summed E-state index contributed by atoms with van der Waals surface area (Å²) in [5.74, 6) is 0.811. The molecule has 0 N–H and O–H groups in total. The summed E-state index contributed by atoms with van der Waals surface area (Å²) in [4.78, 5) is 10.2. The van der Waals surface area contributed by atoms with Crippen LogP contribution < -0.4 is 0 Å². The number of carbonyl (C=O) groups is 1. The van der Waals surface area contributed by atoms with E-state index in [0.717, 1.165) is 5.75 Å². The highest BCUT2D eigenvalue weighted by Crippen LogP contribution is 1.99. The zero-order chi connectivity index (χ0) is 6.41. The van der Waals surface area contributed by atoms with Crippen molar-refractivity contribution < 1.29 is 4.79 Å². The Balaban J connectivity index is 3.05. The van der Waals surface area contributed by atoms with E-state index in [1.54, 1.807) is 6.92 Å². The van der Waals surface area contributed by atoms with E-state index in [4.69, 9.17) is 0 Å². The van der Waals surface area contributed by atoms with Crippen LogP contribution in [-0.2, 0) is 4.79 Å². The predicted molar refractivity (Wildman–Crippen MR) is 38.0 cm³/mol. The number of rotatable bonds is 2. The maximum atomic E-state index is 10.2. The van der Waals surface area contributed by atoms with Crippen LogP contribution in [0.4, 0.5) is 0 Å². The van der Waals surface area contributed by atoms with Crippen molar-refractivity contribution >= 4 is 16.9 Å². The fourth-order valence-electron chi connectivity index (χ4n) is 0.262. The molecule has 0 rings (SSSR count). The van der Waals surface area contributed by atoms with Crippen LogP contribution in [0, 0.1) is 0 Å². The summed E-state index contributed by atoms with van der Waals surface area (Å²) < 4.78 is 0. The lowest BCUT2D eigenvalue weighted by molar-refractivity contribution is -0.109. The molecule has 0 spiro atoms. The van der Waals surface area contributed by atoms with E-state index in [9.17, 15) is 4.79 Å². The molecule has 0 heterocycles. The standard InChI is InChI=1S/C6H10OS/c1-3-4-5-8-6(2)7/h3-4H,5H2,1-2H3/b4-3+. The van der Waals surface area contributed by atoms with E-state index in [-0.39, 0.29) is 5.12 Å². The summed E-state index contributed by atoms with van der Waals surface area (Å²) in [5.41, 5.74) is 0. The molecule has 0 saturated carbocycles. The Labute approximate surface area is 54.2 Å². The van der Waals surface area contributed by atoms with Gasteiger partial charge in [0.25, 0.3) is 0 Å². The fraction of sp³-hybridized carbons (Fsp3) is 0.500. The largest absolute Gasteiger partial charge is 0.288 e. The van der Waals surface area contributed by atoms with Gasteiger partial charge in [-0.3, -0.25) is 4.79 Å². The van der Waals surface area contributed by atoms with Gasteiger partial charge in [-0.15, -0.1) is 0 Å². The third-order valence-electron chi connectivity index (χ3n) is 0.619. The molecular formula is C6H10OS. The van der Waals surface area contributed by atoms with Crippen LogP contribution in [0.15, 0.2) is 12.2 Å². The molecule has 0 aliphatic heterocycles. The molecule has 2 heteroatoms. The Morgan fingerprint density at radius 2 is 2.38 bits per heavy atom. The van der Waals surface area contributed by atoms with Crippen molar-refractivity contribution in [3.8, 4) is 0 Å². The van der Waals surface area contributed by atoms with Gasteiger partial charge in [0.15, 0.2) is 5.12 Å². The van der Waals surface area contributed by atoms with Gasteiger partial charge in [0.1, 0.15) is 0 Å². The normalized spacial score (nSPS) is 10.2. The molecule has 0 atom stereocenters. The summed E-state index contributed by atoms with van der Waals surface area (Å²) in [7, 11) is 0. The molecule has 0 aromatic heterocycles. The lowest BCUT2D eigenvalue weighted by Crippen LogP contribution is -1.80. The topological polar surface area (TPSA) is 17.1 Å². The smallest absolute Gasteiger partial charge is 0.186 e. The molecule has 0 aromatic rings. The lowest BCUT2D eigenvalue weighted by Gasteiger charge is -1.84. The van der Waals surface area contributed by atoms with E-state index in [0.29, 0.717) is 0 Å². The average molecular weight is 130 g/mol. The van der Waals surface area contributed by atoms with Crippen LogP contribution in [-0.4, -0.2) is 10.9 Å². The monoisotopic (exact) mass is 130 g/mol. The molecule has 8 heavy (non-hydrogen) atoms. The van der Waals surface area contributed by atoms with Gasteiger partial charge in [-0.1, -0.05) is 23.9 Å². The molecule has 0 aliphatic rings. The summed E-state index contributed by atoms with van der Waals surface area (Å²) >= 11 is 1.33. The SMILES string of the molecule is C/C=C/CSC(C)=O. The molecule has 46 valence electrons. The minimum Gasteiger partial charge on any atom is -0.288 e. The van der Waals surface area contributed by atoms with E-state index in [2.05, 4.69) is 0 Å². The van der Waals surface area contributed by atoms with Gasteiger partial charge in [0.05, 0.1) is 0 Å². The highest BCUT2D eigenvalue weighted by Gasteiger charge is 1.86. The van der Waals surface area contributed by atoms with Gasteiger partial charge in [0.2, 0.25) is 0 Å². The van der Waals surface area contributed by atoms with Gasteiger partial charge >= 0.3 is 0 Å². The number of hydrogen-bond acceptors (Lipinski definition) is 2. The molecule has 0 amide bonds. The van der Waals surface area contributed by atoms with E-state index in [1.807, 2.05) is 19.1 Å². The second kappa shape index (κ2) is 4.91. The summed E-state index contributed by atoms with van der Waals surface area (Å²) in [6.45, 7) is 3.52. The predicted octanol–water partition coefficient (Wildman–Crippen LogP) is 1.84. The second-order valence-electron chi connectivity index (χ2n) is 1.37. The van der Waals surface area contributed by atoms with Crippen molar-refractivity contribution in [1.82, 2.24) is 0 Å². The molecule has 1 nitrogen and oxygen atoms in total. The molecular weight excluding hydrogens is 120 g/mol. The van der Waals surface area contributed by atoms with Crippen molar-refractivity contribution in [2.75, 3.05) is 5.75 Å². The van der Waals surface area contributed by atoms with Crippen molar-refractivity contribution in [2.24, 2.45) is 0 Å². The van der Waals surface area contributed by atoms with Crippen LogP contribution in [0.5, 0.6) is 0 Å². The molecule has 0 aliphatic carbocycles. The van der Waals surface area contributed by atoms with Crippen LogP contribution in [0.25, 0.3) is 0 Å². The van der Waals surface area contributed by atoms with E-state index >= 15 is 0 Å². The Hall–Kier alpha value is -0.240. The highest BCUT2D eigenvalue weighted by molar-refractivity contribution is 8.13. The Kier molecular flexibility index (Phi) is 4.76. The number of allylic oxidation sites excluding steroid dienone is 1. The van der Waals surface area contributed by atoms with E-state index < -0.39 is 0 Å². The first-order chi connectivity index (χ1) is 3.77. The van der Waals surface area contributed by atoms with Crippen LogP contribution >= 0.6 is 11.8 Å². The zero-order valence-corrected chi connectivity index (χ0v) is 5.99. The quantitative estimate of drug-likeness (QED) is 0.530. The molecule has 0 aromatic carbocycles. The van der Waals surface area contributed by atoms with Gasteiger partial charge in [-0.2, -0.15) is 0 Å². The van der Waals surface area contributed by atoms with E-state index in [1.165, 1.54) is 11.8 Å². The van der Waals surface area contributed by atoms with Crippen LogP contribution in [0.1, 0.15) is 13.8 Å². The molecule has 0 unspecified atom stereocenters. The lowest BCUT2D eigenvalue weighted by atomic mass is 10.6. The Morgan fingerprint density at radius 1 is 1.75 bits per heavy atom. The highest BCUT2D eigenvalue weighted by atomic mass is 32.2. The van der Waals surface area contributed by atoms with Gasteiger partial charge < -0.3 is 0 Å². The number of thioether (sulfide) groups is 1. The summed E-state index contributed by atoms with van der Waals surface area (Å²) in [5, 5.41) is 0.183. The van der Waals surface area contributed by atoms with Crippen molar-refractivity contribution in [3.05, 3.63) is 12.2 Å². The maximum absolute atomic E-state index is 10.2. The first kappa shape index (κ1) is 7.76. The molecule has 0 bridgehead atoms. The van der Waals surface area contributed by atoms with Gasteiger partial charge in [-0.05, 0) is 6.92 Å². The molecule has 0 radical (unpaired) electrons. The number of carbonyl (C=O) groups excluding carboxylic acids is 1. The minimum absolute atomic E-state index is 0.183. The van der Waals surface area contributed by atoms with Crippen molar-refractivity contribution in [3.63, 3.8) is 0 Å². The van der Waals surface area contributed by atoms with Crippen molar-refractivity contribution in [1.29, 1.82) is 0 Å². The van der Waals surface area contributed by atoms with Crippen molar-refractivity contribution in [2.45, 2.75) is 13.8 Å². The third-order valence-corrected chi connectivity index (χ3v) is 1.38. The maximum Gasteiger partial charge on any atom is 0.186 e. The minimum atomic E-state index is 0.183. The zero-order valence-electron chi connectivity index (χ0n) is 5.18. The first-order valence-corrected chi connectivity index (χ1v) is 3.50. The fourth-order valence-corrected chi connectivity index (χ4v) is 0.785. The second-order valence-corrected chi connectivity index (χ2v) is 2.57. The van der Waals surface area contributed by atoms with Crippen LogP contribution in [0.3, 0.4) is 0 Å².